The third-order valence-electron chi connectivity index (χ3n) is 3.98. The number of likely N-dealkylation sites (tertiary alicyclic amines) is 1. The van der Waals surface area contributed by atoms with E-state index in [2.05, 4.69) is 45.4 Å². The van der Waals surface area contributed by atoms with Crippen LogP contribution in [0.5, 0.6) is 0 Å². The number of aromatic nitrogens is 2. The first-order chi connectivity index (χ1) is 9.85. The summed E-state index contributed by atoms with van der Waals surface area (Å²) in [6.45, 7) is 3.95. The molecular weight excluding hydrogens is 250 g/mol. The molecule has 1 saturated heterocycles. The van der Waals surface area contributed by atoms with Crippen molar-refractivity contribution in [2.75, 3.05) is 6.54 Å². The third-order valence-corrected chi connectivity index (χ3v) is 3.98. The highest BCUT2D eigenvalue weighted by molar-refractivity contribution is 5.16. The molecule has 4 nitrogen and oxygen atoms in total. The fraction of sp³-hybridized carbons (Fsp3) is 0.500. The van der Waals surface area contributed by atoms with Crippen molar-refractivity contribution in [2.24, 2.45) is 0 Å². The van der Waals surface area contributed by atoms with E-state index in [0.29, 0.717) is 6.04 Å². The molecule has 1 unspecified atom stereocenters. The van der Waals surface area contributed by atoms with E-state index in [9.17, 15) is 0 Å². The molecule has 1 aliphatic heterocycles. The maximum atomic E-state index is 5.31. The quantitative estimate of drug-likeness (QED) is 0.838. The Morgan fingerprint density at radius 2 is 2.15 bits per heavy atom. The average molecular weight is 271 g/mol. The summed E-state index contributed by atoms with van der Waals surface area (Å²) in [6, 6.07) is 11.3. The Labute approximate surface area is 119 Å². The molecule has 20 heavy (non-hydrogen) atoms. The standard InChI is InChI=1S/C16H21N3O/c1-2-15-17-16(20-18-15)12-19-10-6-9-14(19)11-13-7-4-3-5-8-13/h3-5,7-8,14H,2,6,9-12H2,1H3. The summed E-state index contributed by atoms with van der Waals surface area (Å²) in [4.78, 5) is 6.89. The van der Waals surface area contributed by atoms with Crippen molar-refractivity contribution in [2.45, 2.75) is 45.2 Å². The van der Waals surface area contributed by atoms with Gasteiger partial charge in [-0.25, -0.2) is 0 Å². The fourth-order valence-electron chi connectivity index (χ4n) is 2.89. The van der Waals surface area contributed by atoms with Crippen LogP contribution in [-0.2, 0) is 19.4 Å². The van der Waals surface area contributed by atoms with Crippen LogP contribution in [0.3, 0.4) is 0 Å². The van der Waals surface area contributed by atoms with Crippen LogP contribution >= 0.6 is 0 Å². The molecule has 1 atom stereocenters. The van der Waals surface area contributed by atoms with Crippen molar-refractivity contribution < 1.29 is 4.52 Å². The molecule has 0 bridgehead atoms. The lowest BCUT2D eigenvalue weighted by Gasteiger charge is -2.22. The maximum absolute atomic E-state index is 5.31. The van der Waals surface area contributed by atoms with Crippen LogP contribution in [-0.4, -0.2) is 27.6 Å². The second-order valence-corrected chi connectivity index (χ2v) is 5.41. The molecule has 4 heteroatoms. The smallest absolute Gasteiger partial charge is 0.240 e. The third kappa shape index (κ3) is 3.07. The normalized spacial score (nSPS) is 19.6. The van der Waals surface area contributed by atoms with Gasteiger partial charge in [-0.2, -0.15) is 4.98 Å². The lowest BCUT2D eigenvalue weighted by Crippen LogP contribution is -2.30. The van der Waals surface area contributed by atoms with Crippen LogP contribution in [0.2, 0.25) is 0 Å². The van der Waals surface area contributed by atoms with Crippen molar-refractivity contribution in [3.05, 3.63) is 47.6 Å². The summed E-state index contributed by atoms with van der Waals surface area (Å²) < 4.78 is 5.31. The van der Waals surface area contributed by atoms with Gasteiger partial charge in [0.1, 0.15) is 0 Å². The topological polar surface area (TPSA) is 42.2 Å². The summed E-state index contributed by atoms with van der Waals surface area (Å²) in [5.74, 6) is 1.56. The predicted octanol–water partition coefficient (Wildman–Crippen LogP) is 2.84. The predicted molar refractivity (Wildman–Crippen MR) is 77.3 cm³/mol. The first-order valence-electron chi connectivity index (χ1n) is 7.44. The first-order valence-corrected chi connectivity index (χ1v) is 7.44. The van der Waals surface area contributed by atoms with Gasteiger partial charge in [-0.05, 0) is 31.4 Å². The van der Waals surface area contributed by atoms with Gasteiger partial charge in [0.05, 0.1) is 6.54 Å². The zero-order valence-corrected chi connectivity index (χ0v) is 12.0. The van der Waals surface area contributed by atoms with E-state index in [1.54, 1.807) is 0 Å². The van der Waals surface area contributed by atoms with E-state index in [1.807, 2.05) is 6.92 Å². The highest BCUT2D eigenvalue weighted by Crippen LogP contribution is 2.22. The monoisotopic (exact) mass is 271 g/mol. The Bertz CT molecular complexity index is 538. The summed E-state index contributed by atoms with van der Waals surface area (Å²) >= 11 is 0. The minimum Gasteiger partial charge on any atom is -0.338 e. The van der Waals surface area contributed by atoms with Crippen molar-refractivity contribution >= 4 is 0 Å². The molecule has 0 amide bonds. The molecule has 0 radical (unpaired) electrons. The van der Waals surface area contributed by atoms with Crippen molar-refractivity contribution in [3.8, 4) is 0 Å². The highest BCUT2D eigenvalue weighted by atomic mass is 16.5. The van der Waals surface area contributed by atoms with E-state index in [4.69, 9.17) is 4.52 Å². The van der Waals surface area contributed by atoms with Crippen LogP contribution in [0.4, 0.5) is 0 Å². The maximum Gasteiger partial charge on any atom is 0.240 e. The van der Waals surface area contributed by atoms with E-state index < -0.39 is 0 Å². The van der Waals surface area contributed by atoms with Gasteiger partial charge in [0.15, 0.2) is 5.82 Å². The summed E-state index contributed by atoms with van der Waals surface area (Å²) in [5.41, 5.74) is 1.41. The molecule has 0 spiro atoms. The van der Waals surface area contributed by atoms with Crippen molar-refractivity contribution in [1.29, 1.82) is 0 Å². The summed E-state index contributed by atoms with van der Waals surface area (Å²) in [5, 5.41) is 3.97. The molecule has 0 aliphatic carbocycles. The van der Waals surface area contributed by atoms with Gasteiger partial charge in [0, 0.05) is 12.5 Å². The number of benzene rings is 1. The Kier molecular flexibility index (Phi) is 4.11. The zero-order valence-electron chi connectivity index (χ0n) is 12.0. The fourth-order valence-corrected chi connectivity index (χ4v) is 2.89. The van der Waals surface area contributed by atoms with Crippen LogP contribution in [0.25, 0.3) is 0 Å². The number of aryl methyl sites for hydroxylation is 1. The number of nitrogens with zero attached hydrogens (tertiary/aromatic N) is 3. The summed E-state index contributed by atoms with van der Waals surface area (Å²) in [6.07, 6.45) is 4.45. The first kappa shape index (κ1) is 13.3. The molecule has 106 valence electrons. The Morgan fingerprint density at radius 3 is 2.90 bits per heavy atom. The average Bonchev–Trinajstić information content (AvgIpc) is 3.10. The van der Waals surface area contributed by atoms with Gasteiger partial charge < -0.3 is 4.52 Å². The van der Waals surface area contributed by atoms with E-state index in [1.165, 1.54) is 18.4 Å². The Hall–Kier alpha value is -1.68. The molecule has 3 rings (SSSR count). The second kappa shape index (κ2) is 6.18. The molecule has 0 saturated carbocycles. The zero-order chi connectivity index (χ0) is 13.8. The number of hydrogen-bond acceptors (Lipinski definition) is 4. The van der Waals surface area contributed by atoms with Gasteiger partial charge in [0.25, 0.3) is 0 Å². The van der Waals surface area contributed by atoms with Crippen molar-refractivity contribution in [1.82, 2.24) is 15.0 Å². The van der Waals surface area contributed by atoms with Gasteiger partial charge in [0.2, 0.25) is 5.89 Å². The van der Waals surface area contributed by atoms with Crippen LogP contribution in [0.1, 0.15) is 37.0 Å². The van der Waals surface area contributed by atoms with Gasteiger partial charge >= 0.3 is 0 Å². The minimum atomic E-state index is 0.592. The Balaban J connectivity index is 1.63. The van der Waals surface area contributed by atoms with E-state index >= 15 is 0 Å². The van der Waals surface area contributed by atoms with Crippen LogP contribution < -0.4 is 0 Å². The molecule has 1 aromatic heterocycles. The molecular formula is C16H21N3O. The number of hydrogen-bond donors (Lipinski definition) is 0. The lowest BCUT2D eigenvalue weighted by molar-refractivity contribution is 0.209. The highest BCUT2D eigenvalue weighted by Gasteiger charge is 2.26. The minimum absolute atomic E-state index is 0.592. The van der Waals surface area contributed by atoms with E-state index in [0.717, 1.165) is 37.6 Å². The van der Waals surface area contributed by atoms with Crippen LogP contribution in [0, 0.1) is 0 Å². The van der Waals surface area contributed by atoms with Crippen LogP contribution in [0.15, 0.2) is 34.9 Å². The van der Waals surface area contributed by atoms with E-state index in [-0.39, 0.29) is 0 Å². The summed E-state index contributed by atoms with van der Waals surface area (Å²) in [7, 11) is 0. The molecule has 2 aromatic rings. The Morgan fingerprint density at radius 1 is 1.30 bits per heavy atom. The van der Waals surface area contributed by atoms with Crippen molar-refractivity contribution in [3.63, 3.8) is 0 Å². The molecule has 2 heterocycles. The van der Waals surface area contributed by atoms with Gasteiger partial charge in [-0.1, -0.05) is 42.4 Å². The van der Waals surface area contributed by atoms with Gasteiger partial charge in [-0.3, -0.25) is 4.90 Å². The second-order valence-electron chi connectivity index (χ2n) is 5.41. The molecule has 1 aliphatic rings. The molecule has 1 fully saturated rings. The largest absolute Gasteiger partial charge is 0.338 e. The van der Waals surface area contributed by atoms with Gasteiger partial charge in [-0.15, -0.1) is 0 Å². The molecule has 1 aromatic carbocycles. The number of rotatable bonds is 5. The SMILES string of the molecule is CCc1noc(CN2CCCC2Cc2ccccc2)n1. The molecule has 0 N–H and O–H groups in total. The lowest BCUT2D eigenvalue weighted by atomic mass is 10.0.